The molecule has 0 bridgehead atoms. The lowest BCUT2D eigenvalue weighted by Gasteiger charge is -2.39. The van der Waals surface area contributed by atoms with Gasteiger partial charge in [-0.3, -0.25) is 9.59 Å². The van der Waals surface area contributed by atoms with E-state index in [1.165, 1.54) is 0 Å². The summed E-state index contributed by atoms with van der Waals surface area (Å²) in [5.74, 6) is 0.464. The Morgan fingerprint density at radius 1 is 1.43 bits per heavy atom. The lowest BCUT2D eigenvalue weighted by molar-refractivity contribution is -0.151. The molecule has 1 N–H and O–H groups in total. The van der Waals surface area contributed by atoms with Crippen molar-refractivity contribution in [3.05, 3.63) is 20.8 Å². The van der Waals surface area contributed by atoms with Crippen LogP contribution in [0.4, 0.5) is 0 Å². The number of hydrogen-bond acceptors (Lipinski definition) is 3. The van der Waals surface area contributed by atoms with Crippen LogP contribution in [0.1, 0.15) is 37.5 Å². The van der Waals surface area contributed by atoms with Gasteiger partial charge in [0.05, 0.1) is 6.54 Å². The lowest BCUT2D eigenvalue weighted by atomic mass is 10.0. The molecule has 3 rings (SSSR count). The van der Waals surface area contributed by atoms with Gasteiger partial charge in [0.25, 0.3) is 0 Å². The van der Waals surface area contributed by atoms with Crippen LogP contribution in [0.15, 0.2) is 15.9 Å². The Balaban J connectivity index is 1.82. The number of carbonyl (C=O) groups is 2. The molecule has 0 aromatic carbocycles. The molecule has 114 valence electrons. The second-order valence-corrected chi connectivity index (χ2v) is 7.74. The van der Waals surface area contributed by atoms with Crippen molar-refractivity contribution in [3.8, 4) is 0 Å². The summed E-state index contributed by atoms with van der Waals surface area (Å²) in [5.41, 5.74) is 0. The summed E-state index contributed by atoms with van der Waals surface area (Å²) in [6.07, 6.45) is 3.71. The molecule has 2 amide bonds. The Kier molecular flexibility index (Phi) is 4.36. The molecule has 2 aliphatic rings. The van der Waals surface area contributed by atoms with Gasteiger partial charge in [-0.05, 0) is 47.2 Å². The Labute approximate surface area is 137 Å². The normalized spacial score (nSPS) is 26.1. The van der Waals surface area contributed by atoms with Crippen molar-refractivity contribution in [3.63, 3.8) is 0 Å². The largest absolute Gasteiger partial charge is 0.342 e. The monoisotopic (exact) mass is 370 g/mol. The van der Waals surface area contributed by atoms with Crippen LogP contribution >= 0.6 is 27.3 Å². The van der Waals surface area contributed by atoms with E-state index >= 15 is 0 Å². The first-order valence-corrected chi connectivity index (χ1v) is 9.11. The van der Waals surface area contributed by atoms with E-state index in [0.29, 0.717) is 12.5 Å². The molecule has 2 fully saturated rings. The zero-order chi connectivity index (χ0) is 15.0. The molecule has 2 atom stereocenters. The first-order chi connectivity index (χ1) is 10.1. The van der Waals surface area contributed by atoms with Gasteiger partial charge < -0.3 is 10.2 Å². The van der Waals surface area contributed by atoms with Crippen molar-refractivity contribution in [1.29, 1.82) is 0 Å². The van der Waals surface area contributed by atoms with E-state index in [1.807, 2.05) is 18.4 Å². The molecule has 6 heteroatoms. The Hall–Kier alpha value is -0.880. The Bertz CT molecular complexity index is 556. The first kappa shape index (κ1) is 15.0. The van der Waals surface area contributed by atoms with Gasteiger partial charge in [0, 0.05) is 14.7 Å². The minimum Gasteiger partial charge on any atom is -0.342 e. The van der Waals surface area contributed by atoms with E-state index in [2.05, 4.69) is 21.2 Å². The van der Waals surface area contributed by atoms with Crippen LogP contribution in [0.5, 0.6) is 0 Å². The van der Waals surface area contributed by atoms with Gasteiger partial charge in [-0.2, -0.15) is 0 Å². The van der Waals surface area contributed by atoms with Gasteiger partial charge in [-0.25, -0.2) is 0 Å². The predicted molar refractivity (Wildman–Crippen MR) is 85.9 cm³/mol. The van der Waals surface area contributed by atoms with Crippen molar-refractivity contribution in [2.75, 3.05) is 0 Å². The van der Waals surface area contributed by atoms with Crippen LogP contribution in [0.25, 0.3) is 0 Å². The van der Waals surface area contributed by atoms with Gasteiger partial charge in [0.15, 0.2) is 0 Å². The third-order valence-electron chi connectivity index (χ3n) is 4.13. The first-order valence-electron chi connectivity index (χ1n) is 7.44. The van der Waals surface area contributed by atoms with Crippen LogP contribution in [0.3, 0.4) is 0 Å². The number of nitrogens with one attached hydrogen (secondary N) is 1. The SMILES string of the molecule is CCCC1C(=O)NC(C2CC2)C(=O)N1Cc1cc(Br)cs1. The summed E-state index contributed by atoms with van der Waals surface area (Å²) in [7, 11) is 0. The fourth-order valence-corrected chi connectivity index (χ4v) is 4.34. The average molecular weight is 371 g/mol. The zero-order valence-corrected chi connectivity index (χ0v) is 14.4. The molecule has 0 radical (unpaired) electrons. The molecule has 1 aliphatic heterocycles. The minimum absolute atomic E-state index is 0.0176. The number of nitrogens with zero attached hydrogens (tertiary/aromatic N) is 1. The third kappa shape index (κ3) is 3.16. The number of rotatable bonds is 5. The molecule has 1 aromatic heterocycles. The van der Waals surface area contributed by atoms with Gasteiger partial charge in [-0.1, -0.05) is 13.3 Å². The summed E-state index contributed by atoms with van der Waals surface area (Å²) < 4.78 is 1.03. The molecule has 1 aromatic rings. The molecule has 2 heterocycles. The van der Waals surface area contributed by atoms with Crippen molar-refractivity contribution < 1.29 is 9.59 Å². The molecular weight excluding hydrogens is 352 g/mol. The van der Waals surface area contributed by atoms with Crippen LogP contribution in [-0.2, 0) is 16.1 Å². The third-order valence-corrected chi connectivity index (χ3v) is 5.81. The van der Waals surface area contributed by atoms with Gasteiger partial charge in [0.1, 0.15) is 12.1 Å². The molecule has 1 aliphatic carbocycles. The average Bonchev–Trinajstić information content (AvgIpc) is 3.21. The maximum atomic E-state index is 12.8. The Morgan fingerprint density at radius 3 is 2.76 bits per heavy atom. The molecule has 4 nitrogen and oxygen atoms in total. The quantitative estimate of drug-likeness (QED) is 0.865. The maximum Gasteiger partial charge on any atom is 0.246 e. The number of piperazine rings is 1. The summed E-state index contributed by atoms with van der Waals surface area (Å²) in [4.78, 5) is 28.0. The summed E-state index contributed by atoms with van der Waals surface area (Å²) in [5, 5.41) is 4.96. The van der Waals surface area contributed by atoms with Crippen molar-refractivity contribution >= 4 is 39.1 Å². The van der Waals surface area contributed by atoms with E-state index in [1.54, 1.807) is 16.2 Å². The predicted octanol–water partition coefficient (Wildman–Crippen LogP) is 2.92. The molecule has 21 heavy (non-hydrogen) atoms. The van der Waals surface area contributed by atoms with Crippen molar-refractivity contribution in [2.24, 2.45) is 5.92 Å². The van der Waals surface area contributed by atoms with Gasteiger partial charge in [-0.15, -0.1) is 11.3 Å². The fourth-order valence-electron chi connectivity index (χ4n) is 2.89. The maximum absolute atomic E-state index is 12.8. The minimum atomic E-state index is -0.321. The highest BCUT2D eigenvalue weighted by atomic mass is 79.9. The van der Waals surface area contributed by atoms with Crippen LogP contribution < -0.4 is 5.32 Å². The summed E-state index contributed by atoms with van der Waals surface area (Å²) in [6.45, 7) is 2.58. The molecule has 0 spiro atoms. The van der Waals surface area contributed by atoms with E-state index in [0.717, 1.165) is 35.0 Å². The highest BCUT2D eigenvalue weighted by Gasteiger charge is 2.46. The van der Waals surface area contributed by atoms with Crippen LogP contribution in [0.2, 0.25) is 0 Å². The fraction of sp³-hybridized carbons (Fsp3) is 0.600. The topological polar surface area (TPSA) is 49.4 Å². The van der Waals surface area contributed by atoms with E-state index < -0.39 is 0 Å². The van der Waals surface area contributed by atoms with Crippen molar-refractivity contribution in [1.82, 2.24) is 10.2 Å². The van der Waals surface area contributed by atoms with Gasteiger partial charge in [0.2, 0.25) is 11.8 Å². The van der Waals surface area contributed by atoms with Crippen LogP contribution in [0, 0.1) is 5.92 Å². The molecule has 1 saturated heterocycles. The summed E-state index contributed by atoms with van der Waals surface area (Å²) in [6, 6.07) is 1.41. The standard InChI is InChI=1S/C15H19BrN2O2S/c1-2-3-12-14(19)17-13(9-4-5-9)15(20)18(12)7-11-6-10(16)8-21-11/h6,8-9,12-13H,2-5,7H2,1H3,(H,17,19). The lowest BCUT2D eigenvalue weighted by Crippen LogP contribution is -2.63. The van der Waals surface area contributed by atoms with E-state index in [9.17, 15) is 9.59 Å². The van der Waals surface area contributed by atoms with Gasteiger partial charge >= 0.3 is 0 Å². The Morgan fingerprint density at radius 2 is 2.19 bits per heavy atom. The highest BCUT2D eigenvalue weighted by molar-refractivity contribution is 9.10. The highest BCUT2D eigenvalue weighted by Crippen LogP contribution is 2.36. The van der Waals surface area contributed by atoms with E-state index in [-0.39, 0.29) is 23.9 Å². The van der Waals surface area contributed by atoms with E-state index in [4.69, 9.17) is 0 Å². The number of amides is 2. The molecule has 1 saturated carbocycles. The summed E-state index contributed by atoms with van der Waals surface area (Å²) >= 11 is 5.06. The second-order valence-electron chi connectivity index (χ2n) is 5.83. The zero-order valence-electron chi connectivity index (χ0n) is 12.0. The smallest absolute Gasteiger partial charge is 0.246 e. The molecular formula is C15H19BrN2O2S. The number of hydrogen-bond donors (Lipinski definition) is 1. The second kappa shape index (κ2) is 6.08. The molecule has 2 unspecified atom stereocenters. The number of halogens is 1. The number of thiophene rings is 1. The number of carbonyl (C=O) groups excluding carboxylic acids is 2. The van der Waals surface area contributed by atoms with Crippen LogP contribution in [-0.4, -0.2) is 28.8 Å². The van der Waals surface area contributed by atoms with Crippen molar-refractivity contribution in [2.45, 2.75) is 51.2 Å².